The lowest BCUT2D eigenvalue weighted by Crippen LogP contribution is -2.61. The number of fused-ring (bicyclic) bond motifs is 3. The molecule has 3 atom stereocenters. The summed E-state index contributed by atoms with van der Waals surface area (Å²) in [5.74, 6) is 0.557. The number of nitrogens with one attached hydrogen (secondary N) is 2. The third-order valence-electron chi connectivity index (χ3n) is 7.25. The van der Waals surface area contributed by atoms with Gasteiger partial charge in [-0.2, -0.15) is 5.10 Å². The highest BCUT2D eigenvalue weighted by Crippen LogP contribution is 2.47. The van der Waals surface area contributed by atoms with Crippen LogP contribution >= 0.6 is 0 Å². The maximum Gasteiger partial charge on any atom is 0.272 e. The van der Waals surface area contributed by atoms with Gasteiger partial charge in [0.1, 0.15) is 11.4 Å². The van der Waals surface area contributed by atoms with Gasteiger partial charge in [0, 0.05) is 37.2 Å². The van der Waals surface area contributed by atoms with E-state index in [1.54, 1.807) is 4.68 Å². The first-order chi connectivity index (χ1) is 14.6. The molecule has 5 rings (SSSR count). The first-order valence-corrected chi connectivity index (χ1v) is 11.1. The van der Waals surface area contributed by atoms with Gasteiger partial charge in [-0.05, 0) is 43.9 Å². The van der Waals surface area contributed by atoms with Crippen LogP contribution in [-0.2, 0) is 12.5 Å². The van der Waals surface area contributed by atoms with E-state index in [2.05, 4.69) is 36.5 Å². The molecule has 1 aromatic carbocycles. The Morgan fingerprint density at radius 1 is 1.19 bits per heavy atom. The number of carbonyl (C=O) groups is 2. The van der Waals surface area contributed by atoms with E-state index in [0.29, 0.717) is 23.7 Å². The normalized spacial score (nSPS) is 27.1. The number of hydrogen-bond donors (Lipinski definition) is 2. The summed E-state index contributed by atoms with van der Waals surface area (Å²) in [4.78, 5) is 28.2. The summed E-state index contributed by atoms with van der Waals surface area (Å²) in [5.41, 5.74) is 3.61. The van der Waals surface area contributed by atoms with E-state index in [-0.39, 0.29) is 23.1 Å². The standard InChI is InChI=1S/C24H31N5O2/c1-14-6-7-18-16(10-14)21(30)26-24(25-18)9-8-15-12-29(13-17(15)24)22(31)19-11-20(23(2,3)4)27-28(19)5/h6-7,10-11,15,17,25H,8-9,12-13H2,1-5H3,(H,26,30)/t15-,17+,24?/m0/s1. The lowest BCUT2D eigenvalue weighted by atomic mass is 9.89. The van der Waals surface area contributed by atoms with Crippen LogP contribution in [0.3, 0.4) is 0 Å². The Bertz CT molecular complexity index is 1080. The van der Waals surface area contributed by atoms with Gasteiger partial charge in [0.05, 0.1) is 11.3 Å². The van der Waals surface area contributed by atoms with E-state index in [1.165, 1.54) is 0 Å². The molecule has 0 bridgehead atoms. The number of aryl methyl sites for hydroxylation is 2. The third-order valence-corrected chi connectivity index (χ3v) is 7.25. The molecule has 1 saturated carbocycles. The van der Waals surface area contributed by atoms with Crippen molar-refractivity contribution in [2.45, 2.75) is 51.6 Å². The van der Waals surface area contributed by atoms with Crippen molar-refractivity contribution in [1.82, 2.24) is 20.0 Å². The van der Waals surface area contributed by atoms with E-state index in [1.807, 2.05) is 43.1 Å². The number of aromatic nitrogens is 2. The van der Waals surface area contributed by atoms with Crippen LogP contribution in [0.1, 0.15) is 65.7 Å². The molecule has 31 heavy (non-hydrogen) atoms. The Hall–Kier alpha value is -2.83. The molecule has 164 valence electrons. The molecule has 1 saturated heterocycles. The molecule has 2 aromatic rings. The van der Waals surface area contributed by atoms with E-state index >= 15 is 0 Å². The highest BCUT2D eigenvalue weighted by Gasteiger charge is 2.55. The second-order valence-corrected chi connectivity index (χ2v) is 10.5. The maximum absolute atomic E-state index is 13.4. The number of likely N-dealkylation sites (tertiary alicyclic amines) is 1. The lowest BCUT2D eigenvalue weighted by Gasteiger charge is -2.42. The molecule has 7 nitrogen and oxygen atoms in total. The van der Waals surface area contributed by atoms with Gasteiger partial charge >= 0.3 is 0 Å². The number of hydrogen-bond acceptors (Lipinski definition) is 4. The molecular formula is C24H31N5O2. The molecule has 1 spiro atoms. The molecule has 1 aromatic heterocycles. The fourth-order valence-electron chi connectivity index (χ4n) is 5.49. The molecule has 2 fully saturated rings. The zero-order chi connectivity index (χ0) is 22.1. The Kier molecular flexibility index (Phi) is 4.27. The Morgan fingerprint density at radius 2 is 1.97 bits per heavy atom. The molecular weight excluding hydrogens is 390 g/mol. The first-order valence-electron chi connectivity index (χ1n) is 11.1. The van der Waals surface area contributed by atoms with Crippen molar-refractivity contribution in [2.24, 2.45) is 18.9 Å². The van der Waals surface area contributed by atoms with Crippen molar-refractivity contribution in [2.75, 3.05) is 18.4 Å². The summed E-state index contributed by atoms with van der Waals surface area (Å²) >= 11 is 0. The van der Waals surface area contributed by atoms with Gasteiger partial charge < -0.3 is 15.5 Å². The number of carbonyl (C=O) groups excluding carboxylic acids is 2. The van der Waals surface area contributed by atoms with E-state index in [9.17, 15) is 9.59 Å². The van der Waals surface area contributed by atoms with Gasteiger partial charge in [-0.1, -0.05) is 32.4 Å². The predicted octanol–water partition coefficient (Wildman–Crippen LogP) is 3.06. The van der Waals surface area contributed by atoms with Gasteiger partial charge in [0.15, 0.2) is 0 Å². The summed E-state index contributed by atoms with van der Waals surface area (Å²) in [6.45, 7) is 9.65. The Labute approximate surface area is 183 Å². The minimum absolute atomic E-state index is 0.0215. The minimum atomic E-state index is -0.484. The quantitative estimate of drug-likeness (QED) is 0.742. The second-order valence-electron chi connectivity index (χ2n) is 10.5. The zero-order valence-electron chi connectivity index (χ0n) is 19.0. The number of anilines is 1. The zero-order valence-corrected chi connectivity index (χ0v) is 19.0. The molecule has 1 aliphatic carbocycles. The smallest absolute Gasteiger partial charge is 0.272 e. The van der Waals surface area contributed by atoms with Crippen LogP contribution in [0.4, 0.5) is 5.69 Å². The van der Waals surface area contributed by atoms with E-state index in [4.69, 9.17) is 0 Å². The third kappa shape index (κ3) is 3.13. The first kappa shape index (κ1) is 20.1. The van der Waals surface area contributed by atoms with Crippen molar-refractivity contribution >= 4 is 17.5 Å². The number of benzene rings is 1. The number of nitrogens with zero attached hydrogens (tertiary/aromatic N) is 3. The van der Waals surface area contributed by atoms with Crippen molar-refractivity contribution in [3.8, 4) is 0 Å². The number of rotatable bonds is 1. The van der Waals surface area contributed by atoms with Crippen LogP contribution in [0.25, 0.3) is 0 Å². The van der Waals surface area contributed by atoms with Crippen LogP contribution in [-0.4, -0.2) is 45.2 Å². The lowest BCUT2D eigenvalue weighted by molar-refractivity contribution is 0.0757. The number of amides is 2. The van der Waals surface area contributed by atoms with Gasteiger partial charge in [-0.3, -0.25) is 14.3 Å². The summed E-state index contributed by atoms with van der Waals surface area (Å²) in [5, 5.41) is 11.5. The van der Waals surface area contributed by atoms with Crippen molar-refractivity contribution in [1.29, 1.82) is 0 Å². The SMILES string of the molecule is Cc1ccc2c(c1)C(=O)NC1(CC[C@H]3CN(C(=O)c4cc(C(C)(C)C)nn4C)C[C@H]31)N2. The monoisotopic (exact) mass is 421 g/mol. The highest BCUT2D eigenvalue weighted by atomic mass is 16.2. The average molecular weight is 422 g/mol. The highest BCUT2D eigenvalue weighted by molar-refractivity contribution is 6.02. The van der Waals surface area contributed by atoms with Gasteiger partial charge in [0.25, 0.3) is 11.8 Å². The van der Waals surface area contributed by atoms with Crippen molar-refractivity contribution in [3.63, 3.8) is 0 Å². The Balaban J connectivity index is 1.39. The summed E-state index contributed by atoms with van der Waals surface area (Å²) in [7, 11) is 1.84. The van der Waals surface area contributed by atoms with Crippen LogP contribution in [0.5, 0.6) is 0 Å². The maximum atomic E-state index is 13.4. The van der Waals surface area contributed by atoms with Crippen LogP contribution in [0, 0.1) is 18.8 Å². The van der Waals surface area contributed by atoms with E-state index in [0.717, 1.165) is 36.3 Å². The molecule has 2 amide bonds. The van der Waals surface area contributed by atoms with Gasteiger partial charge in [-0.25, -0.2) is 0 Å². The van der Waals surface area contributed by atoms with E-state index < -0.39 is 5.66 Å². The largest absolute Gasteiger partial charge is 0.362 e. The molecule has 1 unspecified atom stereocenters. The molecule has 7 heteroatoms. The Morgan fingerprint density at radius 3 is 2.68 bits per heavy atom. The molecule has 2 aliphatic heterocycles. The van der Waals surface area contributed by atoms with Gasteiger partial charge in [0.2, 0.25) is 0 Å². The predicted molar refractivity (Wildman–Crippen MR) is 119 cm³/mol. The fourth-order valence-corrected chi connectivity index (χ4v) is 5.49. The van der Waals surface area contributed by atoms with Gasteiger partial charge in [-0.15, -0.1) is 0 Å². The topological polar surface area (TPSA) is 79.3 Å². The van der Waals surface area contributed by atoms with Crippen LogP contribution in [0.2, 0.25) is 0 Å². The summed E-state index contributed by atoms with van der Waals surface area (Å²) in [6, 6.07) is 7.88. The summed E-state index contributed by atoms with van der Waals surface area (Å²) in [6.07, 6.45) is 1.87. The minimum Gasteiger partial charge on any atom is -0.362 e. The average Bonchev–Trinajstić information content (AvgIpc) is 3.37. The molecule has 3 heterocycles. The fraction of sp³-hybridized carbons (Fsp3) is 0.542. The summed E-state index contributed by atoms with van der Waals surface area (Å²) < 4.78 is 1.70. The molecule has 3 aliphatic rings. The molecule has 0 radical (unpaired) electrons. The molecule has 2 N–H and O–H groups in total. The van der Waals surface area contributed by atoms with Crippen molar-refractivity contribution < 1.29 is 9.59 Å². The van der Waals surface area contributed by atoms with Crippen molar-refractivity contribution in [3.05, 3.63) is 46.8 Å². The second kappa shape index (κ2) is 6.58. The van der Waals surface area contributed by atoms with Crippen LogP contribution < -0.4 is 10.6 Å². The van der Waals surface area contributed by atoms with Crippen LogP contribution in [0.15, 0.2) is 24.3 Å².